The number of benzene rings is 1. The largest absolute Gasteiger partial charge is 0.455 e. The summed E-state index contributed by atoms with van der Waals surface area (Å²) in [5, 5.41) is 0.748. The van der Waals surface area contributed by atoms with Gasteiger partial charge in [-0.1, -0.05) is 29.8 Å². The van der Waals surface area contributed by atoms with Gasteiger partial charge in [0.15, 0.2) is 5.76 Å². The average Bonchev–Trinajstić information content (AvgIpc) is 3.17. The van der Waals surface area contributed by atoms with Gasteiger partial charge < -0.3 is 14.2 Å². The van der Waals surface area contributed by atoms with Crippen LogP contribution in [-0.2, 0) is 17.9 Å². The molecule has 0 radical (unpaired) electrons. The van der Waals surface area contributed by atoms with E-state index in [1.807, 2.05) is 30.3 Å². The average molecular weight is 418 g/mol. The zero-order valence-corrected chi connectivity index (χ0v) is 18.0. The van der Waals surface area contributed by atoms with Gasteiger partial charge in [-0.3, -0.25) is 14.5 Å². The number of amides is 2. The first-order valence-corrected chi connectivity index (χ1v) is 10.3. The number of rotatable bonds is 6. The molecule has 2 aromatic rings. The first kappa shape index (κ1) is 21.4. The van der Waals surface area contributed by atoms with Crippen molar-refractivity contribution >= 4 is 23.4 Å². The fraction of sp³-hybridized carbons (Fsp3) is 0.455. The highest BCUT2D eigenvalue weighted by Crippen LogP contribution is 2.21. The third kappa shape index (κ3) is 5.40. The summed E-state index contributed by atoms with van der Waals surface area (Å²) in [6.45, 7) is 9.28. The van der Waals surface area contributed by atoms with Gasteiger partial charge in [0, 0.05) is 50.7 Å². The Morgan fingerprint density at radius 1 is 1.03 bits per heavy atom. The molecule has 0 aliphatic carbocycles. The summed E-state index contributed by atoms with van der Waals surface area (Å²) in [6.07, 6.45) is 0. The normalized spacial score (nSPS) is 14.7. The summed E-state index contributed by atoms with van der Waals surface area (Å²) in [7, 11) is 0. The van der Waals surface area contributed by atoms with Crippen molar-refractivity contribution in [3.63, 3.8) is 0 Å². The molecule has 1 fully saturated rings. The second-order valence-electron chi connectivity index (χ2n) is 7.65. The van der Waals surface area contributed by atoms with Gasteiger partial charge >= 0.3 is 0 Å². The van der Waals surface area contributed by atoms with Crippen LogP contribution < -0.4 is 0 Å². The quantitative estimate of drug-likeness (QED) is 0.719. The monoisotopic (exact) mass is 417 g/mol. The lowest BCUT2D eigenvalue weighted by Gasteiger charge is -2.33. The van der Waals surface area contributed by atoms with Gasteiger partial charge in [-0.05, 0) is 37.6 Å². The Kier molecular flexibility index (Phi) is 6.98. The fourth-order valence-electron chi connectivity index (χ4n) is 3.42. The van der Waals surface area contributed by atoms with Crippen LogP contribution in [0.25, 0.3) is 0 Å². The minimum atomic E-state index is -0.123. The molecule has 1 saturated heterocycles. The highest BCUT2D eigenvalue weighted by Gasteiger charge is 2.25. The molecule has 6 nitrogen and oxygen atoms in total. The predicted octanol–water partition coefficient (Wildman–Crippen LogP) is 3.65. The second-order valence-corrected chi connectivity index (χ2v) is 8.06. The van der Waals surface area contributed by atoms with Crippen molar-refractivity contribution < 1.29 is 14.0 Å². The van der Waals surface area contributed by atoms with E-state index in [9.17, 15) is 9.59 Å². The summed E-state index contributed by atoms with van der Waals surface area (Å²) in [4.78, 5) is 29.9. The van der Waals surface area contributed by atoms with Crippen LogP contribution in [0, 0.1) is 0 Å². The lowest BCUT2D eigenvalue weighted by atomic mass is 10.2. The van der Waals surface area contributed by atoms with Crippen LogP contribution in [0.15, 0.2) is 40.8 Å². The minimum absolute atomic E-state index is 0.0460. The van der Waals surface area contributed by atoms with Gasteiger partial charge in [-0.25, -0.2) is 0 Å². The van der Waals surface area contributed by atoms with Crippen LogP contribution in [0.3, 0.4) is 0 Å². The summed E-state index contributed by atoms with van der Waals surface area (Å²) >= 11 is 6.31. The molecule has 0 N–H and O–H groups in total. The van der Waals surface area contributed by atoms with Gasteiger partial charge in [0.1, 0.15) is 5.76 Å². The molecule has 0 atom stereocenters. The first-order chi connectivity index (χ1) is 13.8. The van der Waals surface area contributed by atoms with Crippen molar-refractivity contribution in [3.05, 3.63) is 58.5 Å². The molecule has 1 aliphatic heterocycles. The molecule has 0 bridgehead atoms. The van der Waals surface area contributed by atoms with E-state index < -0.39 is 0 Å². The van der Waals surface area contributed by atoms with Crippen molar-refractivity contribution in [3.8, 4) is 0 Å². The number of hydrogen-bond donors (Lipinski definition) is 0. The maximum absolute atomic E-state index is 12.7. The molecule has 7 heteroatoms. The number of hydrogen-bond acceptors (Lipinski definition) is 4. The summed E-state index contributed by atoms with van der Waals surface area (Å²) in [5.41, 5.74) is 1.06. The Hall–Kier alpha value is -2.31. The highest BCUT2D eigenvalue weighted by molar-refractivity contribution is 6.31. The number of nitrogens with zero attached hydrogens (tertiary/aromatic N) is 3. The van der Waals surface area contributed by atoms with Crippen LogP contribution in [0.4, 0.5) is 0 Å². The van der Waals surface area contributed by atoms with Gasteiger partial charge in [-0.2, -0.15) is 0 Å². The molecule has 1 aromatic heterocycles. The van der Waals surface area contributed by atoms with E-state index in [0.29, 0.717) is 45.0 Å². The molecule has 29 heavy (non-hydrogen) atoms. The van der Waals surface area contributed by atoms with Crippen LogP contribution in [0.5, 0.6) is 0 Å². The smallest absolute Gasteiger partial charge is 0.289 e. The molecule has 0 unspecified atom stereocenters. The van der Waals surface area contributed by atoms with E-state index in [4.69, 9.17) is 16.0 Å². The second kappa shape index (κ2) is 9.46. The van der Waals surface area contributed by atoms with Crippen molar-refractivity contribution in [1.82, 2.24) is 14.7 Å². The van der Waals surface area contributed by atoms with Gasteiger partial charge in [0.25, 0.3) is 5.91 Å². The lowest BCUT2D eigenvalue weighted by molar-refractivity contribution is -0.130. The molecule has 2 amide bonds. The fourth-order valence-corrected chi connectivity index (χ4v) is 3.62. The van der Waals surface area contributed by atoms with E-state index in [2.05, 4.69) is 18.7 Å². The zero-order chi connectivity index (χ0) is 21.0. The van der Waals surface area contributed by atoms with E-state index in [0.717, 1.165) is 16.3 Å². The lowest BCUT2D eigenvalue weighted by Crippen LogP contribution is -2.50. The van der Waals surface area contributed by atoms with Crippen molar-refractivity contribution in [1.29, 1.82) is 0 Å². The van der Waals surface area contributed by atoms with Crippen LogP contribution >= 0.6 is 11.6 Å². The van der Waals surface area contributed by atoms with Gasteiger partial charge in [0.2, 0.25) is 5.91 Å². The standard InChI is InChI=1S/C22H28ClN3O3/c1-16(2)26(14-18-6-4-5-7-20(18)23)15-19-8-9-21(29-19)22(28)25-12-10-24(11-13-25)17(3)27/h4-9,16H,10-15H2,1-3H3. The Morgan fingerprint density at radius 2 is 1.69 bits per heavy atom. The summed E-state index contributed by atoms with van der Waals surface area (Å²) in [5.74, 6) is 1.01. The number of halogens is 1. The van der Waals surface area contributed by atoms with Gasteiger partial charge in [0.05, 0.1) is 6.54 Å². The van der Waals surface area contributed by atoms with Crippen molar-refractivity contribution in [2.45, 2.75) is 39.9 Å². The molecule has 0 spiro atoms. The summed E-state index contributed by atoms with van der Waals surface area (Å²) in [6, 6.07) is 11.7. The SMILES string of the molecule is CC(=O)N1CCN(C(=O)c2ccc(CN(Cc3ccccc3Cl)C(C)C)o2)CC1. The molecular weight excluding hydrogens is 390 g/mol. The Balaban J connectivity index is 1.63. The van der Waals surface area contributed by atoms with E-state index in [1.54, 1.807) is 22.8 Å². The number of furan rings is 1. The highest BCUT2D eigenvalue weighted by atomic mass is 35.5. The Morgan fingerprint density at radius 3 is 2.31 bits per heavy atom. The first-order valence-electron chi connectivity index (χ1n) is 9.96. The van der Waals surface area contributed by atoms with E-state index in [1.165, 1.54) is 0 Å². The number of carbonyl (C=O) groups excluding carboxylic acids is 2. The number of carbonyl (C=O) groups is 2. The maximum atomic E-state index is 12.7. The molecular formula is C22H28ClN3O3. The maximum Gasteiger partial charge on any atom is 0.289 e. The number of piperazine rings is 1. The Labute approximate surface area is 177 Å². The molecule has 156 valence electrons. The van der Waals surface area contributed by atoms with Crippen LogP contribution in [-0.4, -0.2) is 58.7 Å². The molecule has 1 aliphatic rings. The van der Waals surface area contributed by atoms with Crippen molar-refractivity contribution in [2.75, 3.05) is 26.2 Å². The minimum Gasteiger partial charge on any atom is -0.455 e. The van der Waals surface area contributed by atoms with Crippen molar-refractivity contribution in [2.24, 2.45) is 0 Å². The van der Waals surface area contributed by atoms with Gasteiger partial charge in [-0.15, -0.1) is 0 Å². The van der Waals surface area contributed by atoms with Crippen LogP contribution in [0.1, 0.15) is 42.6 Å². The molecule has 0 saturated carbocycles. The topological polar surface area (TPSA) is 57.0 Å². The third-order valence-corrected chi connectivity index (χ3v) is 5.67. The van der Waals surface area contributed by atoms with E-state index in [-0.39, 0.29) is 17.9 Å². The molecule has 1 aromatic carbocycles. The summed E-state index contributed by atoms with van der Waals surface area (Å²) < 4.78 is 5.88. The predicted molar refractivity (Wildman–Crippen MR) is 113 cm³/mol. The third-order valence-electron chi connectivity index (χ3n) is 5.31. The van der Waals surface area contributed by atoms with Crippen LogP contribution in [0.2, 0.25) is 5.02 Å². The Bertz CT molecular complexity index is 856. The molecule has 3 rings (SSSR count). The zero-order valence-electron chi connectivity index (χ0n) is 17.2. The molecule has 2 heterocycles. The van der Waals surface area contributed by atoms with E-state index >= 15 is 0 Å².